The maximum absolute atomic E-state index is 10.9. The summed E-state index contributed by atoms with van der Waals surface area (Å²) in [7, 11) is 0. The van der Waals surface area contributed by atoms with Crippen molar-refractivity contribution in [3.8, 4) is 0 Å². The molecule has 0 fully saturated rings. The summed E-state index contributed by atoms with van der Waals surface area (Å²) in [5, 5.41) is 0.232. The minimum absolute atomic E-state index is 0.0409. The molecule has 2 N–H and O–H groups in total. The highest BCUT2D eigenvalue weighted by Crippen LogP contribution is 2.14. The fraction of sp³-hybridized carbons (Fsp3) is 0.143. The number of hydrogen-bond donors (Lipinski definition) is 1. The van der Waals surface area contributed by atoms with Crippen molar-refractivity contribution in [2.75, 3.05) is 0 Å². The van der Waals surface area contributed by atoms with E-state index in [0.717, 1.165) is 0 Å². The molecule has 0 amide bonds. The first-order valence-electron chi connectivity index (χ1n) is 3.19. The lowest BCUT2D eigenvalue weighted by atomic mass is 10.3. The van der Waals surface area contributed by atoms with E-state index in [1.165, 1.54) is 0 Å². The fourth-order valence-electron chi connectivity index (χ4n) is 0.739. The third-order valence-corrected chi connectivity index (χ3v) is 1.59. The summed E-state index contributed by atoms with van der Waals surface area (Å²) in [4.78, 5) is 18.7. The van der Waals surface area contributed by atoms with Gasteiger partial charge in [-0.2, -0.15) is 5.90 Å². The highest BCUT2D eigenvalue weighted by molar-refractivity contribution is 6.33. The second-order valence-electron chi connectivity index (χ2n) is 2.19. The lowest BCUT2D eigenvalue weighted by Crippen LogP contribution is -2.12. The van der Waals surface area contributed by atoms with E-state index in [2.05, 4.69) is 15.7 Å². The van der Waals surface area contributed by atoms with Crippen LogP contribution in [0.1, 0.15) is 16.2 Å². The summed E-state index contributed by atoms with van der Waals surface area (Å²) < 4.78 is 0. The summed E-state index contributed by atoms with van der Waals surface area (Å²) in [6.45, 7) is 1.74. The van der Waals surface area contributed by atoms with E-state index in [-0.39, 0.29) is 10.7 Å². The highest BCUT2D eigenvalue weighted by atomic mass is 35.5. The number of hydrogen-bond acceptors (Lipinski definition) is 4. The molecule has 0 spiro atoms. The molecule has 1 heterocycles. The molecule has 12 heavy (non-hydrogen) atoms. The van der Waals surface area contributed by atoms with Crippen LogP contribution in [0.3, 0.4) is 0 Å². The van der Waals surface area contributed by atoms with Crippen molar-refractivity contribution in [3.63, 3.8) is 0 Å². The monoisotopic (exact) mass is 186 g/mol. The summed E-state index contributed by atoms with van der Waals surface area (Å²) in [5.41, 5.74) is 0.721. The molecule has 1 aromatic rings. The Bertz CT molecular complexity index is 314. The number of aromatic nitrogens is 1. The molecule has 0 radical (unpaired) electrons. The van der Waals surface area contributed by atoms with Gasteiger partial charge < -0.3 is 4.84 Å². The van der Waals surface area contributed by atoms with E-state index in [9.17, 15) is 4.79 Å². The molecule has 0 aromatic carbocycles. The van der Waals surface area contributed by atoms with Gasteiger partial charge in [0.25, 0.3) is 0 Å². The Morgan fingerprint density at radius 1 is 1.67 bits per heavy atom. The lowest BCUT2D eigenvalue weighted by Gasteiger charge is -2.00. The molecule has 0 aliphatic heterocycles. The molecule has 0 atom stereocenters. The van der Waals surface area contributed by atoms with Gasteiger partial charge in [-0.15, -0.1) is 0 Å². The SMILES string of the molecule is Cc1ccc(Cl)c(C(=O)ON)n1. The van der Waals surface area contributed by atoms with Crippen LogP contribution in [0.15, 0.2) is 12.1 Å². The molecule has 0 unspecified atom stereocenters. The number of nitrogens with two attached hydrogens (primary N) is 1. The standard InChI is InChI=1S/C7H7ClN2O2/c1-4-2-3-5(8)6(10-4)7(11)12-9/h2-3H,9H2,1H3. The Kier molecular flexibility index (Phi) is 2.62. The van der Waals surface area contributed by atoms with Crippen LogP contribution < -0.4 is 5.90 Å². The van der Waals surface area contributed by atoms with E-state index >= 15 is 0 Å². The first-order valence-corrected chi connectivity index (χ1v) is 3.57. The van der Waals surface area contributed by atoms with Gasteiger partial charge in [0.2, 0.25) is 0 Å². The van der Waals surface area contributed by atoms with Crippen LogP contribution in [0.4, 0.5) is 0 Å². The summed E-state index contributed by atoms with van der Waals surface area (Å²) >= 11 is 5.65. The largest absolute Gasteiger partial charge is 0.376 e. The summed E-state index contributed by atoms with van der Waals surface area (Å²) in [6, 6.07) is 3.26. The van der Waals surface area contributed by atoms with E-state index < -0.39 is 5.97 Å². The number of rotatable bonds is 1. The van der Waals surface area contributed by atoms with Gasteiger partial charge in [0.05, 0.1) is 5.02 Å². The van der Waals surface area contributed by atoms with Crippen LogP contribution >= 0.6 is 11.6 Å². The van der Waals surface area contributed by atoms with Gasteiger partial charge in [-0.3, -0.25) is 0 Å². The smallest absolute Gasteiger partial charge is 0.368 e. The number of nitrogens with zero attached hydrogens (tertiary/aromatic N) is 1. The molecule has 0 aliphatic carbocycles. The van der Waals surface area contributed by atoms with Crippen molar-refractivity contribution in [1.29, 1.82) is 0 Å². The zero-order chi connectivity index (χ0) is 9.14. The molecule has 0 saturated carbocycles. The van der Waals surface area contributed by atoms with Crippen molar-refractivity contribution in [1.82, 2.24) is 4.98 Å². The summed E-state index contributed by atoms with van der Waals surface area (Å²) in [5.74, 6) is 3.94. The molecule has 0 aliphatic rings. The molecule has 1 rings (SSSR count). The molecular weight excluding hydrogens is 180 g/mol. The zero-order valence-electron chi connectivity index (χ0n) is 6.37. The van der Waals surface area contributed by atoms with Gasteiger partial charge in [-0.05, 0) is 19.1 Å². The quantitative estimate of drug-likeness (QED) is 0.667. The van der Waals surface area contributed by atoms with E-state index in [1.807, 2.05) is 0 Å². The average molecular weight is 187 g/mol. The molecule has 0 saturated heterocycles. The predicted molar refractivity (Wildman–Crippen MR) is 43.6 cm³/mol. The number of carbonyl (C=O) groups is 1. The fourth-order valence-corrected chi connectivity index (χ4v) is 0.921. The first kappa shape index (κ1) is 8.96. The molecule has 4 nitrogen and oxygen atoms in total. The van der Waals surface area contributed by atoms with Crippen molar-refractivity contribution in [2.24, 2.45) is 5.90 Å². The van der Waals surface area contributed by atoms with E-state index in [4.69, 9.17) is 11.6 Å². The van der Waals surface area contributed by atoms with Crippen LogP contribution in [0.2, 0.25) is 5.02 Å². The number of halogens is 1. The first-order chi connectivity index (χ1) is 5.65. The zero-order valence-corrected chi connectivity index (χ0v) is 7.13. The van der Waals surface area contributed by atoms with E-state index in [1.54, 1.807) is 19.1 Å². The third kappa shape index (κ3) is 1.72. The minimum Gasteiger partial charge on any atom is -0.368 e. The lowest BCUT2D eigenvalue weighted by molar-refractivity contribution is 0.0496. The number of pyridine rings is 1. The van der Waals surface area contributed by atoms with Crippen LogP contribution in [-0.2, 0) is 4.84 Å². The number of carbonyl (C=O) groups excluding carboxylic acids is 1. The summed E-state index contributed by atoms with van der Waals surface area (Å²) in [6.07, 6.45) is 0. The Morgan fingerprint density at radius 2 is 2.33 bits per heavy atom. The Labute approximate surface area is 74.3 Å². The van der Waals surface area contributed by atoms with Crippen molar-refractivity contribution >= 4 is 17.6 Å². The van der Waals surface area contributed by atoms with Crippen molar-refractivity contribution < 1.29 is 9.63 Å². The van der Waals surface area contributed by atoms with E-state index in [0.29, 0.717) is 5.69 Å². The van der Waals surface area contributed by atoms with Gasteiger partial charge in [-0.1, -0.05) is 11.6 Å². The topological polar surface area (TPSA) is 65.2 Å². The predicted octanol–water partition coefficient (Wildman–Crippen LogP) is 1.07. The Hall–Kier alpha value is -1.13. The van der Waals surface area contributed by atoms with Gasteiger partial charge in [-0.25, -0.2) is 9.78 Å². The second kappa shape index (κ2) is 3.51. The Morgan fingerprint density at radius 3 is 2.92 bits per heavy atom. The van der Waals surface area contributed by atoms with Gasteiger partial charge in [0.1, 0.15) is 0 Å². The molecule has 5 heteroatoms. The van der Waals surface area contributed by atoms with Gasteiger partial charge >= 0.3 is 5.97 Å². The van der Waals surface area contributed by atoms with Crippen LogP contribution in [0.25, 0.3) is 0 Å². The maximum atomic E-state index is 10.9. The van der Waals surface area contributed by atoms with Crippen LogP contribution in [0, 0.1) is 6.92 Å². The number of aryl methyl sites for hydroxylation is 1. The third-order valence-electron chi connectivity index (χ3n) is 1.29. The minimum atomic E-state index is -0.733. The second-order valence-corrected chi connectivity index (χ2v) is 2.60. The van der Waals surface area contributed by atoms with Crippen LogP contribution in [0.5, 0.6) is 0 Å². The molecule has 1 aromatic heterocycles. The highest BCUT2D eigenvalue weighted by Gasteiger charge is 2.12. The van der Waals surface area contributed by atoms with Crippen molar-refractivity contribution in [2.45, 2.75) is 6.92 Å². The Balaban J connectivity index is 3.13. The molecule has 0 bridgehead atoms. The molecular formula is C7H7ClN2O2. The van der Waals surface area contributed by atoms with Gasteiger partial charge in [0, 0.05) is 5.69 Å². The van der Waals surface area contributed by atoms with Crippen molar-refractivity contribution in [3.05, 3.63) is 28.5 Å². The van der Waals surface area contributed by atoms with Gasteiger partial charge in [0.15, 0.2) is 5.69 Å². The maximum Gasteiger partial charge on any atom is 0.376 e. The normalized spacial score (nSPS) is 9.58. The average Bonchev–Trinajstić information content (AvgIpc) is 2.08. The van der Waals surface area contributed by atoms with Crippen LogP contribution in [-0.4, -0.2) is 11.0 Å². The molecule has 64 valence electrons.